The lowest BCUT2D eigenvalue weighted by Crippen LogP contribution is -2.09. The van der Waals surface area contributed by atoms with Gasteiger partial charge in [0.25, 0.3) is 0 Å². The molecular formula is C14H13NO3. The summed E-state index contributed by atoms with van der Waals surface area (Å²) in [5, 5.41) is 9.63. The number of nitrogen functional groups attached to an aromatic ring is 1. The summed E-state index contributed by atoms with van der Waals surface area (Å²) >= 11 is 0. The molecule has 0 aliphatic rings. The minimum atomic E-state index is -0.609. The molecule has 0 aromatic heterocycles. The summed E-state index contributed by atoms with van der Waals surface area (Å²) in [5.74, 6) is -0.325. The van der Waals surface area contributed by atoms with Crippen LogP contribution in [0.15, 0.2) is 42.5 Å². The fourth-order valence-corrected chi connectivity index (χ4v) is 1.55. The number of esters is 1. The van der Waals surface area contributed by atoms with Crippen LogP contribution in [-0.2, 0) is 0 Å². The quantitative estimate of drug-likeness (QED) is 0.483. The number of phenols is 1. The highest BCUT2D eigenvalue weighted by Crippen LogP contribution is 2.23. The van der Waals surface area contributed by atoms with Crippen LogP contribution >= 0.6 is 0 Å². The SMILES string of the molecule is Cc1ccccc1OC(=O)c1ccc(N)cc1O. The number of carbonyl (C=O) groups excluding carboxylic acids is 1. The minimum Gasteiger partial charge on any atom is -0.507 e. The molecule has 2 aromatic rings. The summed E-state index contributed by atoms with van der Waals surface area (Å²) in [6.07, 6.45) is 0. The number of nitrogens with two attached hydrogens (primary N) is 1. The molecule has 0 bridgehead atoms. The number of rotatable bonds is 2. The zero-order chi connectivity index (χ0) is 13.1. The van der Waals surface area contributed by atoms with E-state index in [4.69, 9.17) is 10.5 Å². The molecule has 92 valence electrons. The Labute approximate surface area is 105 Å². The van der Waals surface area contributed by atoms with Gasteiger partial charge < -0.3 is 15.6 Å². The van der Waals surface area contributed by atoms with Crippen LogP contribution in [0.1, 0.15) is 15.9 Å². The van der Waals surface area contributed by atoms with Crippen LogP contribution in [0, 0.1) is 6.92 Å². The fraction of sp³-hybridized carbons (Fsp3) is 0.0714. The number of phenolic OH excluding ortho intramolecular Hbond substituents is 1. The van der Waals surface area contributed by atoms with Crippen molar-refractivity contribution in [3.63, 3.8) is 0 Å². The Hall–Kier alpha value is -2.49. The number of hydrogen-bond donors (Lipinski definition) is 2. The van der Waals surface area contributed by atoms with Crippen LogP contribution in [0.25, 0.3) is 0 Å². The predicted molar refractivity (Wildman–Crippen MR) is 68.7 cm³/mol. The number of aromatic hydroxyl groups is 1. The number of hydrogen-bond acceptors (Lipinski definition) is 4. The van der Waals surface area contributed by atoms with Crippen molar-refractivity contribution in [2.24, 2.45) is 0 Å². The van der Waals surface area contributed by atoms with Gasteiger partial charge in [-0.1, -0.05) is 18.2 Å². The number of carbonyl (C=O) groups is 1. The first kappa shape index (κ1) is 12.0. The molecule has 3 N–H and O–H groups in total. The van der Waals surface area contributed by atoms with E-state index < -0.39 is 5.97 Å². The number of benzene rings is 2. The van der Waals surface area contributed by atoms with Gasteiger partial charge >= 0.3 is 5.97 Å². The number of aryl methyl sites for hydroxylation is 1. The van der Waals surface area contributed by atoms with E-state index in [0.717, 1.165) is 5.56 Å². The number of ether oxygens (including phenoxy) is 1. The second-order valence-corrected chi connectivity index (χ2v) is 3.93. The van der Waals surface area contributed by atoms with Gasteiger partial charge in [-0.15, -0.1) is 0 Å². The number of anilines is 1. The van der Waals surface area contributed by atoms with Crippen molar-refractivity contribution in [3.05, 3.63) is 53.6 Å². The lowest BCUT2D eigenvalue weighted by atomic mass is 10.2. The molecule has 0 saturated heterocycles. The smallest absolute Gasteiger partial charge is 0.347 e. The minimum absolute atomic E-state index is 0.0902. The van der Waals surface area contributed by atoms with Gasteiger partial charge in [-0.05, 0) is 30.7 Å². The summed E-state index contributed by atoms with van der Waals surface area (Å²) in [7, 11) is 0. The van der Waals surface area contributed by atoms with Crippen LogP contribution in [0.5, 0.6) is 11.5 Å². The average Bonchev–Trinajstić information content (AvgIpc) is 2.32. The van der Waals surface area contributed by atoms with E-state index in [2.05, 4.69) is 0 Å². The lowest BCUT2D eigenvalue weighted by molar-refractivity contribution is 0.0730. The molecule has 0 fully saturated rings. The zero-order valence-corrected chi connectivity index (χ0v) is 9.88. The van der Waals surface area contributed by atoms with Gasteiger partial charge in [-0.2, -0.15) is 0 Å². The Bertz CT molecular complexity index is 593. The molecule has 0 unspecified atom stereocenters. The van der Waals surface area contributed by atoms with Gasteiger partial charge in [0, 0.05) is 11.8 Å². The predicted octanol–water partition coefficient (Wildman–Crippen LogP) is 2.50. The molecule has 0 amide bonds. The summed E-state index contributed by atoms with van der Waals surface area (Å²) in [5.41, 5.74) is 6.82. The second kappa shape index (κ2) is 4.79. The molecule has 2 rings (SSSR count). The van der Waals surface area contributed by atoms with E-state index in [-0.39, 0.29) is 11.3 Å². The summed E-state index contributed by atoms with van der Waals surface area (Å²) in [6.45, 7) is 1.84. The molecule has 2 aromatic carbocycles. The molecular weight excluding hydrogens is 230 g/mol. The highest BCUT2D eigenvalue weighted by atomic mass is 16.5. The highest BCUT2D eigenvalue weighted by Gasteiger charge is 2.14. The van der Waals surface area contributed by atoms with Crippen molar-refractivity contribution < 1.29 is 14.6 Å². The molecule has 0 radical (unpaired) electrons. The van der Waals surface area contributed by atoms with Gasteiger partial charge in [-0.3, -0.25) is 0 Å². The van der Waals surface area contributed by atoms with Crippen molar-refractivity contribution in [2.75, 3.05) is 5.73 Å². The van der Waals surface area contributed by atoms with Crippen molar-refractivity contribution in [3.8, 4) is 11.5 Å². The monoisotopic (exact) mass is 243 g/mol. The standard InChI is InChI=1S/C14H13NO3/c1-9-4-2-3-5-13(9)18-14(17)11-7-6-10(15)8-12(11)16/h2-8,16H,15H2,1H3. The topological polar surface area (TPSA) is 72.5 Å². The Balaban J connectivity index is 2.25. The second-order valence-electron chi connectivity index (χ2n) is 3.93. The van der Waals surface area contributed by atoms with Gasteiger partial charge in [0.1, 0.15) is 17.1 Å². The van der Waals surface area contributed by atoms with Crippen molar-refractivity contribution >= 4 is 11.7 Å². The Kier molecular flexibility index (Phi) is 3.19. The van der Waals surface area contributed by atoms with E-state index in [0.29, 0.717) is 11.4 Å². The van der Waals surface area contributed by atoms with Crippen molar-refractivity contribution in [2.45, 2.75) is 6.92 Å². The third-order valence-corrected chi connectivity index (χ3v) is 2.54. The molecule has 0 saturated carbocycles. The molecule has 0 spiro atoms. The van der Waals surface area contributed by atoms with Gasteiger partial charge in [0.15, 0.2) is 0 Å². The van der Waals surface area contributed by atoms with Gasteiger partial charge in [0.2, 0.25) is 0 Å². The fourth-order valence-electron chi connectivity index (χ4n) is 1.55. The average molecular weight is 243 g/mol. The van der Waals surface area contributed by atoms with Crippen molar-refractivity contribution in [1.29, 1.82) is 0 Å². The van der Waals surface area contributed by atoms with Crippen LogP contribution in [0.2, 0.25) is 0 Å². The maximum atomic E-state index is 11.9. The zero-order valence-electron chi connectivity index (χ0n) is 9.88. The molecule has 18 heavy (non-hydrogen) atoms. The first-order valence-electron chi connectivity index (χ1n) is 5.44. The van der Waals surface area contributed by atoms with Crippen LogP contribution in [-0.4, -0.2) is 11.1 Å². The summed E-state index contributed by atoms with van der Waals surface area (Å²) < 4.78 is 5.21. The van der Waals surface area contributed by atoms with Crippen molar-refractivity contribution in [1.82, 2.24) is 0 Å². The maximum absolute atomic E-state index is 11.9. The molecule has 4 heteroatoms. The highest BCUT2D eigenvalue weighted by molar-refractivity contribution is 5.94. The summed E-state index contributed by atoms with van der Waals surface area (Å²) in [6, 6.07) is 11.5. The molecule has 0 heterocycles. The summed E-state index contributed by atoms with van der Waals surface area (Å²) in [4.78, 5) is 11.9. The normalized spacial score (nSPS) is 10.1. The third-order valence-electron chi connectivity index (χ3n) is 2.54. The van der Waals surface area contributed by atoms with Gasteiger partial charge in [-0.25, -0.2) is 4.79 Å². The Morgan fingerprint density at radius 1 is 1.22 bits per heavy atom. The molecule has 0 aliphatic carbocycles. The Morgan fingerprint density at radius 3 is 2.61 bits per heavy atom. The van der Waals surface area contributed by atoms with E-state index in [1.54, 1.807) is 12.1 Å². The largest absolute Gasteiger partial charge is 0.507 e. The van der Waals surface area contributed by atoms with E-state index in [9.17, 15) is 9.90 Å². The van der Waals surface area contributed by atoms with E-state index >= 15 is 0 Å². The molecule has 4 nitrogen and oxygen atoms in total. The first-order chi connectivity index (χ1) is 8.58. The Morgan fingerprint density at radius 2 is 1.94 bits per heavy atom. The first-order valence-corrected chi connectivity index (χ1v) is 5.44. The van der Waals surface area contributed by atoms with Gasteiger partial charge in [0.05, 0.1) is 0 Å². The maximum Gasteiger partial charge on any atom is 0.347 e. The molecule has 0 atom stereocenters. The van der Waals surface area contributed by atoms with E-state index in [1.807, 2.05) is 19.1 Å². The van der Waals surface area contributed by atoms with Crippen LogP contribution in [0.3, 0.4) is 0 Å². The van der Waals surface area contributed by atoms with Crippen LogP contribution < -0.4 is 10.5 Å². The number of para-hydroxylation sites is 1. The lowest BCUT2D eigenvalue weighted by Gasteiger charge is -2.08. The third kappa shape index (κ3) is 2.43. The van der Waals surface area contributed by atoms with E-state index in [1.165, 1.54) is 18.2 Å². The van der Waals surface area contributed by atoms with Crippen LogP contribution in [0.4, 0.5) is 5.69 Å². The molecule has 0 aliphatic heterocycles.